The largest absolute Gasteiger partial charge is 0.444 e. The van der Waals surface area contributed by atoms with E-state index in [0.29, 0.717) is 25.2 Å². The Hall–Kier alpha value is -1.14. The molecule has 1 heterocycles. The Morgan fingerprint density at radius 1 is 1.42 bits per heavy atom. The van der Waals surface area contributed by atoms with Crippen molar-refractivity contribution in [2.45, 2.75) is 58.2 Å². The van der Waals surface area contributed by atoms with Crippen LogP contribution in [0.2, 0.25) is 0 Å². The molecule has 4 nitrogen and oxygen atoms in total. The monoisotopic (exact) mass is 400 g/mol. The number of likely N-dealkylation sites (tertiary alicyclic amines) is 1. The van der Waals surface area contributed by atoms with E-state index in [2.05, 4.69) is 21.2 Å². The highest BCUT2D eigenvalue weighted by molar-refractivity contribution is 9.10. The highest BCUT2D eigenvalue weighted by Gasteiger charge is 2.26. The van der Waals surface area contributed by atoms with Gasteiger partial charge in [-0.05, 0) is 51.8 Å². The fraction of sp³-hybridized carbons (Fsp3) is 0.611. The number of hydrogen-bond donors (Lipinski definition) is 1. The predicted molar refractivity (Wildman–Crippen MR) is 96.4 cm³/mol. The molecular formula is C18H26BrFN2O2. The maximum Gasteiger partial charge on any atom is 0.410 e. The van der Waals surface area contributed by atoms with E-state index in [1.807, 2.05) is 20.8 Å². The summed E-state index contributed by atoms with van der Waals surface area (Å²) in [5.41, 5.74) is 0.128. The molecule has 1 aliphatic heterocycles. The van der Waals surface area contributed by atoms with E-state index < -0.39 is 5.60 Å². The number of halogens is 2. The number of carbonyl (C=O) groups excluding carboxylic acids is 1. The van der Waals surface area contributed by atoms with Gasteiger partial charge in [-0.1, -0.05) is 22.4 Å². The van der Waals surface area contributed by atoms with Crippen LogP contribution in [0.5, 0.6) is 0 Å². The van der Waals surface area contributed by atoms with Gasteiger partial charge in [-0.15, -0.1) is 0 Å². The average Bonchev–Trinajstić information content (AvgIpc) is 2.72. The van der Waals surface area contributed by atoms with Crippen molar-refractivity contribution in [1.82, 2.24) is 10.2 Å². The molecule has 0 radical (unpaired) electrons. The zero-order chi connectivity index (χ0) is 17.7. The highest BCUT2D eigenvalue weighted by atomic mass is 79.9. The van der Waals surface area contributed by atoms with E-state index in [1.165, 1.54) is 6.07 Å². The SMILES string of the molecule is CC(C)(C)OC(=O)N1CCCCC(NCc2cc(Br)ccc2F)C1. The Labute approximate surface area is 151 Å². The summed E-state index contributed by atoms with van der Waals surface area (Å²) >= 11 is 3.37. The lowest BCUT2D eigenvalue weighted by atomic mass is 10.1. The number of hydrogen-bond acceptors (Lipinski definition) is 3. The first-order valence-corrected chi connectivity index (χ1v) is 9.19. The Morgan fingerprint density at radius 3 is 2.88 bits per heavy atom. The molecule has 24 heavy (non-hydrogen) atoms. The first kappa shape index (κ1) is 19.2. The van der Waals surface area contributed by atoms with Crippen molar-refractivity contribution in [2.24, 2.45) is 0 Å². The Bertz CT molecular complexity index is 575. The number of amides is 1. The number of carbonyl (C=O) groups is 1. The molecule has 1 unspecified atom stereocenters. The zero-order valence-electron chi connectivity index (χ0n) is 14.6. The van der Waals surface area contributed by atoms with Crippen LogP contribution in [0.3, 0.4) is 0 Å². The van der Waals surface area contributed by atoms with Crippen molar-refractivity contribution < 1.29 is 13.9 Å². The summed E-state index contributed by atoms with van der Waals surface area (Å²) in [6, 6.07) is 5.07. The van der Waals surface area contributed by atoms with Gasteiger partial charge in [0.1, 0.15) is 11.4 Å². The van der Waals surface area contributed by atoms with Crippen molar-refractivity contribution in [2.75, 3.05) is 13.1 Å². The lowest BCUT2D eigenvalue weighted by Crippen LogP contribution is -2.44. The quantitative estimate of drug-likeness (QED) is 0.813. The molecule has 1 saturated heterocycles. The van der Waals surface area contributed by atoms with Crippen LogP contribution in [0, 0.1) is 5.82 Å². The lowest BCUT2D eigenvalue weighted by Gasteiger charge is -2.28. The van der Waals surface area contributed by atoms with E-state index in [-0.39, 0.29) is 18.0 Å². The second-order valence-corrected chi connectivity index (χ2v) is 8.15. The van der Waals surface area contributed by atoms with Crippen LogP contribution in [0.1, 0.15) is 45.6 Å². The summed E-state index contributed by atoms with van der Waals surface area (Å²) in [6.07, 6.45) is 2.69. The molecule has 134 valence electrons. The standard InChI is InChI=1S/C18H26BrFN2O2/c1-18(2,3)24-17(23)22-9-5-4-6-15(12-22)21-11-13-10-14(19)7-8-16(13)20/h7-8,10,15,21H,4-6,9,11-12H2,1-3H3. The number of nitrogens with zero attached hydrogens (tertiary/aromatic N) is 1. The van der Waals surface area contributed by atoms with Gasteiger partial charge in [0.2, 0.25) is 0 Å². The minimum absolute atomic E-state index is 0.137. The molecule has 1 atom stereocenters. The molecule has 0 bridgehead atoms. The fourth-order valence-corrected chi connectivity index (χ4v) is 3.14. The van der Waals surface area contributed by atoms with E-state index in [9.17, 15) is 9.18 Å². The van der Waals surface area contributed by atoms with E-state index in [1.54, 1.807) is 17.0 Å². The second-order valence-electron chi connectivity index (χ2n) is 7.24. The van der Waals surface area contributed by atoms with Crippen molar-refractivity contribution in [3.8, 4) is 0 Å². The second kappa shape index (κ2) is 8.30. The van der Waals surface area contributed by atoms with Gasteiger partial charge >= 0.3 is 6.09 Å². The van der Waals surface area contributed by atoms with Crippen LogP contribution in [0.4, 0.5) is 9.18 Å². The first-order chi connectivity index (χ1) is 11.2. The molecule has 0 saturated carbocycles. The van der Waals surface area contributed by atoms with Crippen molar-refractivity contribution in [3.05, 3.63) is 34.1 Å². The topological polar surface area (TPSA) is 41.6 Å². The molecule has 1 N–H and O–H groups in total. The van der Waals surface area contributed by atoms with E-state index in [4.69, 9.17) is 4.74 Å². The molecule has 1 fully saturated rings. The number of nitrogens with one attached hydrogen (secondary N) is 1. The van der Waals surface area contributed by atoms with Crippen LogP contribution in [0.25, 0.3) is 0 Å². The Kier molecular flexibility index (Phi) is 6.63. The van der Waals surface area contributed by atoms with Crippen LogP contribution in [0.15, 0.2) is 22.7 Å². The number of benzene rings is 1. The van der Waals surface area contributed by atoms with Crippen LogP contribution >= 0.6 is 15.9 Å². The first-order valence-electron chi connectivity index (χ1n) is 8.40. The van der Waals surface area contributed by atoms with Gasteiger partial charge in [0, 0.05) is 35.7 Å². The van der Waals surface area contributed by atoms with Crippen LogP contribution in [-0.2, 0) is 11.3 Å². The highest BCUT2D eigenvalue weighted by Crippen LogP contribution is 2.18. The van der Waals surface area contributed by atoms with Gasteiger partial charge in [-0.3, -0.25) is 0 Å². The van der Waals surface area contributed by atoms with E-state index >= 15 is 0 Å². The summed E-state index contributed by atoms with van der Waals surface area (Å²) < 4.78 is 20.2. The molecule has 1 amide bonds. The van der Waals surface area contributed by atoms with Crippen molar-refractivity contribution >= 4 is 22.0 Å². The van der Waals surface area contributed by atoms with Gasteiger partial charge < -0.3 is 15.0 Å². The molecular weight excluding hydrogens is 375 g/mol. The normalized spacial score (nSPS) is 19.0. The van der Waals surface area contributed by atoms with Crippen molar-refractivity contribution in [3.63, 3.8) is 0 Å². The molecule has 2 rings (SSSR count). The van der Waals surface area contributed by atoms with Crippen molar-refractivity contribution in [1.29, 1.82) is 0 Å². The summed E-state index contributed by atoms with van der Waals surface area (Å²) in [5.74, 6) is -0.219. The van der Waals surface area contributed by atoms with Crippen LogP contribution < -0.4 is 5.32 Å². The zero-order valence-corrected chi connectivity index (χ0v) is 16.2. The predicted octanol–water partition coefficient (Wildman–Crippen LogP) is 4.47. The third-order valence-electron chi connectivity index (χ3n) is 3.91. The molecule has 6 heteroatoms. The Morgan fingerprint density at radius 2 is 2.17 bits per heavy atom. The molecule has 0 aliphatic carbocycles. The maximum atomic E-state index is 13.8. The summed E-state index contributed by atoms with van der Waals surface area (Å²) in [6.45, 7) is 7.35. The lowest BCUT2D eigenvalue weighted by molar-refractivity contribution is 0.0243. The summed E-state index contributed by atoms with van der Waals surface area (Å²) in [7, 11) is 0. The fourth-order valence-electron chi connectivity index (χ4n) is 2.73. The van der Waals surface area contributed by atoms with Gasteiger partial charge in [0.05, 0.1) is 0 Å². The average molecular weight is 401 g/mol. The Balaban J connectivity index is 1.94. The molecule has 1 aliphatic rings. The van der Waals surface area contributed by atoms with Crippen LogP contribution in [-0.4, -0.2) is 35.7 Å². The third kappa shape index (κ3) is 6.06. The molecule has 0 spiro atoms. The molecule has 1 aromatic carbocycles. The van der Waals surface area contributed by atoms with Gasteiger partial charge in [0.15, 0.2) is 0 Å². The van der Waals surface area contributed by atoms with Gasteiger partial charge in [-0.2, -0.15) is 0 Å². The summed E-state index contributed by atoms with van der Waals surface area (Å²) in [5, 5.41) is 3.38. The minimum atomic E-state index is -0.494. The van der Waals surface area contributed by atoms with E-state index in [0.717, 1.165) is 23.7 Å². The number of ether oxygens (including phenoxy) is 1. The van der Waals surface area contributed by atoms with Gasteiger partial charge in [0.25, 0.3) is 0 Å². The minimum Gasteiger partial charge on any atom is -0.444 e. The maximum absolute atomic E-state index is 13.8. The molecule has 0 aromatic heterocycles. The third-order valence-corrected chi connectivity index (χ3v) is 4.41. The molecule has 1 aromatic rings. The van der Waals surface area contributed by atoms with Gasteiger partial charge in [-0.25, -0.2) is 9.18 Å². The summed E-state index contributed by atoms with van der Waals surface area (Å²) in [4.78, 5) is 14.1. The smallest absolute Gasteiger partial charge is 0.410 e. The number of rotatable bonds is 3.